The van der Waals surface area contributed by atoms with Gasteiger partial charge < -0.3 is 10.2 Å². The van der Waals surface area contributed by atoms with Crippen LogP contribution in [0.25, 0.3) is 0 Å². The van der Waals surface area contributed by atoms with Crippen molar-refractivity contribution in [2.45, 2.75) is 0 Å². The van der Waals surface area contributed by atoms with E-state index in [4.69, 9.17) is 4.84 Å². The first-order valence-electron chi connectivity index (χ1n) is 6.60. The average Bonchev–Trinajstić information content (AvgIpc) is 2.54. The molecule has 1 N–H and O–H groups in total. The van der Waals surface area contributed by atoms with Crippen LogP contribution < -0.4 is 5.32 Å². The topological polar surface area (TPSA) is 93.8 Å². The summed E-state index contributed by atoms with van der Waals surface area (Å²) in [6.07, 6.45) is 1.24. The molecule has 0 aromatic heterocycles. The first-order valence-corrected chi connectivity index (χ1v) is 7.39. The summed E-state index contributed by atoms with van der Waals surface area (Å²) in [7, 11) is 0. The van der Waals surface area contributed by atoms with Gasteiger partial charge in [-0.05, 0) is 18.2 Å². The first-order chi connectivity index (χ1) is 11.5. The summed E-state index contributed by atoms with van der Waals surface area (Å²) in [5, 5.41) is 16.5. The first kappa shape index (κ1) is 17.5. The van der Waals surface area contributed by atoms with Gasteiger partial charge in [0.2, 0.25) is 0 Å². The lowest BCUT2D eigenvalue weighted by molar-refractivity contribution is -0.384. The lowest BCUT2D eigenvalue weighted by atomic mass is 10.2. The number of carbonyl (C=O) groups is 1. The summed E-state index contributed by atoms with van der Waals surface area (Å²) in [6, 6.07) is 9.96. The number of nitrogens with one attached hydrogen (secondary N) is 1. The second kappa shape index (κ2) is 8.16. The number of halogens is 2. The number of nitro groups is 1. The SMILES string of the molecule is O=C(CON=Cc1cccc([N+](=O)[O-])c1)Nc1ccc(Br)cc1F. The highest BCUT2D eigenvalue weighted by atomic mass is 79.9. The summed E-state index contributed by atoms with van der Waals surface area (Å²) < 4.78 is 14.1. The van der Waals surface area contributed by atoms with Crippen molar-refractivity contribution in [1.82, 2.24) is 0 Å². The molecule has 0 unspecified atom stereocenters. The largest absolute Gasteiger partial charge is 0.386 e. The Labute approximate surface area is 144 Å². The number of nitro benzene ring substituents is 1. The number of oxime groups is 1. The van der Waals surface area contributed by atoms with E-state index in [9.17, 15) is 19.3 Å². The predicted octanol–water partition coefficient (Wildman–Crippen LogP) is 3.49. The fraction of sp³-hybridized carbons (Fsp3) is 0.0667. The third-order valence-electron chi connectivity index (χ3n) is 2.76. The Kier molecular flexibility index (Phi) is 5.96. The van der Waals surface area contributed by atoms with Gasteiger partial charge in [-0.3, -0.25) is 14.9 Å². The van der Waals surface area contributed by atoms with Crippen molar-refractivity contribution in [2.24, 2.45) is 5.16 Å². The van der Waals surface area contributed by atoms with Gasteiger partial charge in [0.1, 0.15) is 5.82 Å². The van der Waals surface area contributed by atoms with Crippen molar-refractivity contribution >= 4 is 39.4 Å². The van der Waals surface area contributed by atoms with Gasteiger partial charge in [-0.25, -0.2) is 4.39 Å². The maximum Gasteiger partial charge on any atom is 0.270 e. The molecule has 9 heteroatoms. The monoisotopic (exact) mass is 395 g/mol. The summed E-state index contributed by atoms with van der Waals surface area (Å²) in [4.78, 5) is 26.5. The zero-order chi connectivity index (χ0) is 17.5. The third-order valence-corrected chi connectivity index (χ3v) is 3.25. The van der Waals surface area contributed by atoms with E-state index < -0.39 is 23.3 Å². The number of non-ortho nitro benzene ring substituents is 1. The summed E-state index contributed by atoms with van der Waals surface area (Å²) >= 11 is 3.11. The molecule has 0 fully saturated rings. The predicted molar refractivity (Wildman–Crippen MR) is 89.4 cm³/mol. The maximum atomic E-state index is 13.6. The van der Waals surface area contributed by atoms with Crippen LogP contribution in [0.2, 0.25) is 0 Å². The van der Waals surface area contributed by atoms with Crippen molar-refractivity contribution < 1.29 is 18.9 Å². The maximum absolute atomic E-state index is 13.6. The van der Waals surface area contributed by atoms with E-state index >= 15 is 0 Å². The van der Waals surface area contributed by atoms with Crippen LogP contribution >= 0.6 is 15.9 Å². The van der Waals surface area contributed by atoms with E-state index in [0.717, 1.165) is 0 Å². The standard InChI is InChI=1S/C15H11BrFN3O4/c16-11-4-5-14(13(17)7-11)19-15(21)9-24-18-8-10-2-1-3-12(6-10)20(22)23/h1-8H,9H2,(H,19,21). The Bertz CT molecular complexity index is 798. The number of amides is 1. The fourth-order valence-electron chi connectivity index (χ4n) is 1.69. The van der Waals surface area contributed by atoms with E-state index in [2.05, 4.69) is 26.4 Å². The Morgan fingerprint density at radius 1 is 1.38 bits per heavy atom. The quantitative estimate of drug-likeness (QED) is 0.460. The Balaban J connectivity index is 1.86. The normalized spacial score (nSPS) is 10.6. The molecule has 0 spiro atoms. The molecular formula is C15H11BrFN3O4. The smallest absolute Gasteiger partial charge is 0.270 e. The minimum atomic E-state index is -0.590. The lowest BCUT2D eigenvalue weighted by Crippen LogP contribution is -2.17. The van der Waals surface area contributed by atoms with Crippen LogP contribution in [0.3, 0.4) is 0 Å². The van der Waals surface area contributed by atoms with Crippen LogP contribution in [0.15, 0.2) is 52.1 Å². The highest BCUT2D eigenvalue weighted by Gasteiger charge is 2.08. The van der Waals surface area contributed by atoms with Crippen molar-refractivity contribution in [3.63, 3.8) is 0 Å². The molecule has 2 rings (SSSR count). The number of hydrogen-bond donors (Lipinski definition) is 1. The van der Waals surface area contributed by atoms with Crippen molar-refractivity contribution in [3.05, 3.63) is 68.4 Å². The molecule has 2 aromatic carbocycles. The number of hydrogen-bond acceptors (Lipinski definition) is 5. The zero-order valence-corrected chi connectivity index (χ0v) is 13.7. The molecule has 7 nitrogen and oxygen atoms in total. The number of anilines is 1. The Hall–Kier alpha value is -2.81. The van der Waals surface area contributed by atoms with Gasteiger partial charge in [-0.1, -0.05) is 33.2 Å². The molecule has 0 saturated heterocycles. The van der Waals surface area contributed by atoms with E-state index in [0.29, 0.717) is 10.0 Å². The molecule has 2 aromatic rings. The van der Waals surface area contributed by atoms with Gasteiger partial charge in [0, 0.05) is 22.2 Å². The van der Waals surface area contributed by atoms with Crippen LogP contribution in [0.5, 0.6) is 0 Å². The molecule has 24 heavy (non-hydrogen) atoms. The molecule has 0 bridgehead atoms. The van der Waals surface area contributed by atoms with Crippen LogP contribution in [0.1, 0.15) is 5.56 Å². The number of nitrogens with zero attached hydrogens (tertiary/aromatic N) is 2. The average molecular weight is 396 g/mol. The molecule has 0 heterocycles. The second-order valence-electron chi connectivity index (χ2n) is 4.53. The van der Waals surface area contributed by atoms with E-state index in [1.54, 1.807) is 12.1 Å². The highest BCUT2D eigenvalue weighted by molar-refractivity contribution is 9.10. The van der Waals surface area contributed by atoms with E-state index in [1.807, 2.05) is 0 Å². The van der Waals surface area contributed by atoms with E-state index in [-0.39, 0.29) is 11.4 Å². The zero-order valence-electron chi connectivity index (χ0n) is 12.1. The van der Waals surface area contributed by atoms with Gasteiger partial charge in [-0.2, -0.15) is 0 Å². The summed E-state index contributed by atoms with van der Waals surface area (Å²) in [5.41, 5.74) is 0.389. The third kappa shape index (κ3) is 5.13. The molecule has 0 aliphatic rings. The molecule has 0 saturated carbocycles. The van der Waals surface area contributed by atoms with Crippen LogP contribution in [0, 0.1) is 15.9 Å². The molecule has 1 amide bonds. The van der Waals surface area contributed by atoms with E-state index in [1.165, 1.54) is 36.5 Å². The Morgan fingerprint density at radius 2 is 2.17 bits per heavy atom. The summed E-state index contributed by atoms with van der Waals surface area (Å²) in [5.74, 6) is -1.18. The minimum absolute atomic E-state index is 0.0227. The number of carbonyl (C=O) groups excluding carboxylic acids is 1. The van der Waals surface area contributed by atoms with Crippen LogP contribution in [-0.4, -0.2) is 23.7 Å². The molecule has 124 valence electrons. The van der Waals surface area contributed by atoms with Crippen molar-refractivity contribution in [2.75, 3.05) is 11.9 Å². The highest BCUT2D eigenvalue weighted by Crippen LogP contribution is 2.19. The molecule has 0 radical (unpaired) electrons. The molecular weight excluding hydrogens is 385 g/mol. The van der Waals surface area contributed by atoms with Gasteiger partial charge in [0.25, 0.3) is 11.6 Å². The molecule has 0 aliphatic carbocycles. The molecule has 0 aliphatic heterocycles. The van der Waals surface area contributed by atoms with Crippen LogP contribution in [0.4, 0.5) is 15.8 Å². The lowest BCUT2D eigenvalue weighted by Gasteiger charge is -2.05. The Morgan fingerprint density at radius 3 is 2.88 bits per heavy atom. The number of benzene rings is 2. The minimum Gasteiger partial charge on any atom is -0.386 e. The summed E-state index contributed by atoms with van der Waals surface area (Å²) in [6.45, 7) is -0.430. The van der Waals surface area contributed by atoms with Gasteiger partial charge in [0.05, 0.1) is 16.8 Å². The second-order valence-corrected chi connectivity index (χ2v) is 5.45. The fourth-order valence-corrected chi connectivity index (χ4v) is 2.02. The van der Waals surface area contributed by atoms with Crippen LogP contribution in [-0.2, 0) is 9.63 Å². The molecule has 0 atom stereocenters. The number of rotatable bonds is 6. The van der Waals surface area contributed by atoms with Gasteiger partial charge in [-0.15, -0.1) is 0 Å². The van der Waals surface area contributed by atoms with Gasteiger partial charge in [0.15, 0.2) is 6.61 Å². The van der Waals surface area contributed by atoms with Gasteiger partial charge >= 0.3 is 0 Å². The van der Waals surface area contributed by atoms with Crippen molar-refractivity contribution in [1.29, 1.82) is 0 Å². The van der Waals surface area contributed by atoms with Crippen molar-refractivity contribution in [3.8, 4) is 0 Å².